The molecule has 13 nitrogen and oxygen atoms in total. The lowest BCUT2D eigenvalue weighted by Crippen LogP contribution is -2.65. The number of hydrogen-bond donors (Lipinski definition) is 5. The Morgan fingerprint density at radius 2 is 1.78 bits per heavy atom. The summed E-state index contributed by atoms with van der Waals surface area (Å²) in [5.74, 6) is -8.34. The molecule has 2 aromatic rings. The summed E-state index contributed by atoms with van der Waals surface area (Å²) in [6.45, 7) is 3.04. The molecule has 3 aliphatic rings. The molecule has 3 aliphatic carbocycles. The van der Waals surface area contributed by atoms with E-state index in [0.29, 0.717) is 17.3 Å². The zero-order valence-electron chi connectivity index (χ0n) is 28.1. The number of benzene rings is 2. The number of carbonyl (C=O) groups excluding carboxylic acids is 4. The predicted octanol–water partition coefficient (Wildman–Crippen LogP) is 3.24. The van der Waals surface area contributed by atoms with E-state index in [0.717, 1.165) is 17.0 Å². The van der Waals surface area contributed by atoms with Gasteiger partial charge in [0.15, 0.2) is 11.4 Å². The van der Waals surface area contributed by atoms with Crippen LogP contribution < -0.4 is 15.4 Å². The van der Waals surface area contributed by atoms with Crippen LogP contribution in [0.1, 0.15) is 28.7 Å². The molecule has 1 saturated carbocycles. The Morgan fingerprint density at radius 1 is 1.12 bits per heavy atom. The van der Waals surface area contributed by atoms with Crippen LogP contribution in [0.2, 0.25) is 0 Å². The van der Waals surface area contributed by atoms with Crippen molar-refractivity contribution in [3.63, 3.8) is 0 Å². The minimum absolute atomic E-state index is 0.0316. The van der Waals surface area contributed by atoms with Gasteiger partial charge in [0, 0.05) is 43.4 Å². The van der Waals surface area contributed by atoms with Gasteiger partial charge in [0.05, 0.1) is 23.7 Å². The number of hydrogen-bond acceptors (Lipinski definition) is 11. The molecule has 2 aromatic carbocycles. The summed E-state index contributed by atoms with van der Waals surface area (Å²) in [5, 5.41) is 46.3. The first-order chi connectivity index (χ1) is 23.7. The number of rotatable bonds is 8. The number of aliphatic hydroxyl groups is 3. The molecule has 0 aromatic heterocycles. The van der Waals surface area contributed by atoms with Crippen LogP contribution >= 0.6 is 0 Å². The zero-order valence-corrected chi connectivity index (χ0v) is 28.1. The SMILES string of the molecule is C=CCN(Cc1cc(N(C)C)c2c(c1O)C(O)=C1C(=O)[C@]3(O)C(O)=C(C(N)=O)C(=O)[C@@H](N(C)C)[C@@H]3C[C@@H]1C2)C(=O)Oc1cccc(C(F)(F)F)c1. The van der Waals surface area contributed by atoms with Crippen molar-refractivity contribution in [3.05, 3.63) is 82.1 Å². The molecule has 0 heterocycles. The van der Waals surface area contributed by atoms with Crippen LogP contribution in [0, 0.1) is 11.8 Å². The number of carbonyl (C=O) groups is 4. The Morgan fingerprint density at radius 3 is 2.35 bits per heavy atom. The van der Waals surface area contributed by atoms with E-state index in [2.05, 4.69) is 6.58 Å². The van der Waals surface area contributed by atoms with Gasteiger partial charge in [-0.1, -0.05) is 12.1 Å². The fraction of sp³-hybridized carbons (Fsp3) is 0.371. The third kappa shape index (κ3) is 6.07. The van der Waals surface area contributed by atoms with Gasteiger partial charge in [-0.15, -0.1) is 6.58 Å². The van der Waals surface area contributed by atoms with Crippen LogP contribution in [-0.4, -0.2) is 100 Å². The largest absolute Gasteiger partial charge is 0.508 e. The third-order valence-electron chi connectivity index (χ3n) is 9.59. The number of ketones is 2. The monoisotopic (exact) mass is 714 g/mol. The second kappa shape index (κ2) is 13.1. The van der Waals surface area contributed by atoms with Gasteiger partial charge >= 0.3 is 12.3 Å². The van der Waals surface area contributed by atoms with Gasteiger partial charge in [0.1, 0.15) is 28.6 Å². The molecule has 0 unspecified atom stereocenters. The Labute approximate surface area is 290 Å². The smallest absolute Gasteiger partial charge is 0.416 e. The van der Waals surface area contributed by atoms with Crippen molar-refractivity contribution >= 4 is 35.0 Å². The quantitative estimate of drug-likeness (QED) is 0.199. The fourth-order valence-electron chi connectivity index (χ4n) is 7.33. The van der Waals surface area contributed by atoms with Crippen LogP contribution in [-0.2, 0) is 33.5 Å². The van der Waals surface area contributed by atoms with Gasteiger partial charge in [0.2, 0.25) is 5.78 Å². The molecule has 16 heteroatoms. The Bertz CT molecular complexity index is 1920. The van der Waals surface area contributed by atoms with Gasteiger partial charge in [-0.05, 0) is 62.7 Å². The molecule has 51 heavy (non-hydrogen) atoms. The Hall–Kier alpha value is -5.35. The highest BCUT2D eigenvalue weighted by Crippen LogP contribution is 2.54. The molecule has 0 spiro atoms. The lowest BCUT2D eigenvalue weighted by Gasteiger charge is -2.50. The summed E-state index contributed by atoms with van der Waals surface area (Å²) >= 11 is 0. The number of ether oxygens (including phenoxy) is 1. The van der Waals surface area contributed by atoms with Crippen molar-refractivity contribution in [2.75, 3.05) is 39.6 Å². The molecule has 2 amide bonds. The number of aromatic hydroxyl groups is 1. The summed E-state index contributed by atoms with van der Waals surface area (Å²) in [6.07, 6.45) is -4.51. The second-order valence-corrected chi connectivity index (χ2v) is 13.2. The van der Waals surface area contributed by atoms with Crippen molar-refractivity contribution in [2.24, 2.45) is 17.6 Å². The summed E-state index contributed by atoms with van der Waals surface area (Å²) in [6, 6.07) is 4.03. The van der Waals surface area contributed by atoms with E-state index in [-0.39, 0.29) is 41.8 Å². The van der Waals surface area contributed by atoms with E-state index in [1.54, 1.807) is 25.1 Å². The molecule has 5 rings (SSSR count). The van der Waals surface area contributed by atoms with E-state index in [1.807, 2.05) is 0 Å². The summed E-state index contributed by atoms with van der Waals surface area (Å²) in [5.41, 5.74) is 0.941. The average Bonchev–Trinajstić information content (AvgIpc) is 3.02. The van der Waals surface area contributed by atoms with Crippen LogP contribution in [0.3, 0.4) is 0 Å². The molecule has 272 valence electrons. The lowest BCUT2D eigenvalue weighted by atomic mass is 9.57. The summed E-state index contributed by atoms with van der Waals surface area (Å²) < 4.78 is 45.0. The number of anilines is 1. The van der Waals surface area contributed by atoms with E-state index in [1.165, 1.54) is 31.1 Å². The fourth-order valence-corrected chi connectivity index (χ4v) is 7.33. The van der Waals surface area contributed by atoms with E-state index in [4.69, 9.17) is 10.5 Å². The van der Waals surface area contributed by atoms with Crippen LogP contribution in [0.25, 0.3) is 5.76 Å². The number of likely N-dealkylation sites (N-methyl/N-ethyl adjacent to an activating group) is 1. The van der Waals surface area contributed by atoms with Crippen molar-refractivity contribution in [1.29, 1.82) is 0 Å². The maximum Gasteiger partial charge on any atom is 0.416 e. The molecule has 0 aliphatic heterocycles. The number of alkyl halides is 3. The molecule has 0 bridgehead atoms. The molecular weight excluding hydrogens is 677 g/mol. The maximum absolute atomic E-state index is 14.2. The Balaban J connectivity index is 1.60. The maximum atomic E-state index is 14.2. The highest BCUT2D eigenvalue weighted by atomic mass is 19.4. The minimum atomic E-state index is -4.69. The molecular formula is C35H37F3N4O9. The topological polar surface area (TPSA) is 194 Å². The molecule has 4 atom stereocenters. The van der Waals surface area contributed by atoms with Gasteiger partial charge in [0.25, 0.3) is 5.91 Å². The number of nitrogens with two attached hydrogens (primary N) is 1. The number of fused-ring (bicyclic) bond motifs is 3. The lowest BCUT2D eigenvalue weighted by molar-refractivity contribution is -0.153. The van der Waals surface area contributed by atoms with Gasteiger partial charge < -0.3 is 35.8 Å². The molecule has 0 radical (unpaired) electrons. The van der Waals surface area contributed by atoms with Crippen molar-refractivity contribution in [1.82, 2.24) is 9.80 Å². The van der Waals surface area contributed by atoms with Gasteiger partial charge in [-0.2, -0.15) is 13.2 Å². The van der Waals surface area contributed by atoms with Crippen molar-refractivity contribution < 1.29 is 57.5 Å². The van der Waals surface area contributed by atoms with Crippen molar-refractivity contribution in [3.8, 4) is 11.5 Å². The van der Waals surface area contributed by atoms with E-state index >= 15 is 0 Å². The number of nitrogens with zero attached hydrogens (tertiary/aromatic N) is 3. The first-order valence-electron chi connectivity index (χ1n) is 15.7. The minimum Gasteiger partial charge on any atom is -0.508 e. The molecule has 1 fully saturated rings. The average molecular weight is 715 g/mol. The highest BCUT2D eigenvalue weighted by molar-refractivity contribution is 6.24. The van der Waals surface area contributed by atoms with Gasteiger partial charge in [-0.25, -0.2) is 4.79 Å². The highest BCUT2D eigenvalue weighted by Gasteiger charge is 2.64. The number of primary amides is 1. The van der Waals surface area contributed by atoms with Crippen LogP contribution in [0.5, 0.6) is 11.5 Å². The standard InChI is InChI=1S/C35H37F3N4O9/c1-6-10-42(33(49)51-19-9-7-8-18(14-19)35(36,37)38)15-17-13-22(40(2)3)20-11-16-12-21-26(41(4)5)29(45)25(32(39)48)31(47)34(21,50)30(46)23(16)28(44)24(20)27(17)43/h6-9,13-14,16,21,26,43-44,47,50H,1,10-12,15H2,2-5H3,(H2,39,48)/t16-,21-,26-,34-/m0/s1. The predicted molar refractivity (Wildman–Crippen MR) is 177 cm³/mol. The number of phenolic OH excluding ortho intramolecular Hbond substituents is 1. The normalized spacial score (nSPS) is 23.0. The van der Waals surface area contributed by atoms with Crippen LogP contribution in [0.15, 0.2) is 59.9 Å². The Kier molecular flexibility index (Phi) is 9.47. The number of Topliss-reactive ketones (excluding diaryl/α,β-unsaturated/α-hetero) is 2. The zero-order chi connectivity index (χ0) is 37.9. The summed E-state index contributed by atoms with van der Waals surface area (Å²) in [4.78, 5) is 57.2. The van der Waals surface area contributed by atoms with Gasteiger partial charge in [-0.3, -0.25) is 24.2 Å². The van der Waals surface area contributed by atoms with E-state index < -0.39 is 88.2 Å². The first-order valence-corrected chi connectivity index (χ1v) is 15.7. The molecule has 0 saturated heterocycles. The third-order valence-corrected chi connectivity index (χ3v) is 9.59. The number of amides is 2. The second-order valence-electron chi connectivity index (χ2n) is 13.2. The first kappa shape index (κ1) is 36.9. The van der Waals surface area contributed by atoms with Crippen molar-refractivity contribution in [2.45, 2.75) is 37.2 Å². The number of phenols is 1. The van der Waals surface area contributed by atoms with E-state index in [9.17, 15) is 52.8 Å². The summed E-state index contributed by atoms with van der Waals surface area (Å²) in [7, 11) is 6.36. The molecule has 6 N–H and O–H groups in total. The van der Waals surface area contributed by atoms with Crippen LogP contribution in [0.4, 0.5) is 23.7 Å². The number of halogens is 3. The number of aliphatic hydroxyl groups excluding tert-OH is 2.